The maximum absolute atomic E-state index is 13.5. The van der Waals surface area contributed by atoms with E-state index < -0.39 is 19.3 Å². The number of aromatic amines is 1. The molecule has 1 aliphatic rings. The van der Waals surface area contributed by atoms with Gasteiger partial charge in [-0.05, 0) is 37.1 Å². The van der Waals surface area contributed by atoms with E-state index in [4.69, 9.17) is 32.0 Å². The summed E-state index contributed by atoms with van der Waals surface area (Å²) in [4.78, 5) is 21.2. The van der Waals surface area contributed by atoms with Gasteiger partial charge in [0.1, 0.15) is 12.9 Å². The largest absolute Gasteiger partial charge is 0.495 e. The molecule has 40 heavy (non-hydrogen) atoms. The van der Waals surface area contributed by atoms with E-state index in [9.17, 15) is 17.7 Å². The Morgan fingerprint density at radius 3 is 2.55 bits per heavy atom. The molecule has 2 aromatic carbocycles. The van der Waals surface area contributed by atoms with Crippen molar-refractivity contribution in [2.75, 3.05) is 24.8 Å². The highest BCUT2D eigenvalue weighted by Crippen LogP contribution is 2.50. The molecule has 1 saturated heterocycles. The quantitative estimate of drug-likeness (QED) is 0.213. The number of para-hydroxylation sites is 1. The zero-order valence-electron chi connectivity index (χ0n) is 21.2. The lowest BCUT2D eigenvalue weighted by molar-refractivity contribution is -0.192. The molecule has 5 N–H and O–H groups in total. The molecule has 212 valence electrons. The SMILES string of the molecule is COc1cc(P2(=O)CCC(N)CC2)ccc1Nc1ncc(Cl)c(-c2c[nH]c3ccccc23)n1.O=C(O)C(F)(F)F. The van der Waals surface area contributed by atoms with Crippen LogP contribution in [-0.4, -0.2) is 57.7 Å². The van der Waals surface area contributed by atoms with Gasteiger partial charge in [-0.2, -0.15) is 13.2 Å². The molecule has 1 fully saturated rings. The van der Waals surface area contributed by atoms with Crippen molar-refractivity contribution in [1.29, 1.82) is 0 Å². The lowest BCUT2D eigenvalue weighted by atomic mass is 10.1. The van der Waals surface area contributed by atoms with Crippen LogP contribution < -0.4 is 21.1 Å². The molecule has 14 heteroatoms. The molecule has 4 aromatic rings. The normalized spacial score (nSPS) is 19.0. The molecular formula is C26H26ClF3N5O4P. The minimum absolute atomic E-state index is 0.142. The summed E-state index contributed by atoms with van der Waals surface area (Å²) in [7, 11) is -0.862. The van der Waals surface area contributed by atoms with Crippen LogP contribution >= 0.6 is 18.7 Å². The Morgan fingerprint density at radius 2 is 1.90 bits per heavy atom. The van der Waals surface area contributed by atoms with Crippen LogP contribution in [-0.2, 0) is 9.36 Å². The number of carboxylic acids is 1. The number of carbonyl (C=O) groups is 1. The Morgan fingerprint density at radius 1 is 1.23 bits per heavy atom. The van der Waals surface area contributed by atoms with Gasteiger partial charge in [0.25, 0.3) is 0 Å². The second kappa shape index (κ2) is 11.9. The van der Waals surface area contributed by atoms with Gasteiger partial charge in [0, 0.05) is 46.3 Å². The number of nitrogens with two attached hydrogens (primary N) is 1. The van der Waals surface area contributed by atoms with Crippen molar-refractivity contribution in [2.24, 2.45) is 5.73 Å². The van der Waals surface area contributed by atoms with Crippen molar-refractivity contribution in [1.82, 2.24) is 15.0 Å². The molecule has 0 spiro atoms. The van der Waals surface area contributed by atoms with Gasteiger partial charge < -0.3 is 30.4 Å². The van der Waals surface area contributed by atoms with Crippen molar-refractivity contribution in [3.05, 3.63) is 59.9 Å². The standard InChI is InChI=1S/C24H25ClN5O2P.C2HF3O2/c1-32-22-12-16(33(31)10-8-15(26)9-11-33)6-7-21(22)29-24-28-14-19(25)23(30-24)18-13-27-20-5-3-2-4-17(18)20;3-2(4,5)1(6)7/h2-7,12-15,27H,8-11,26H2,1H3,(H,28,29,30);(H,6,7). The molecule has 0 saturated carbocycles. The van der Waals surface area contributed by atoms with Crippen molar-refractivity contribution in [3.63, 3.8) is 0 Å². The first-order valence-corrected chi connectivity index (χ1v) is 14.6. The lowest BCUT2D eigenvalue weighted by Crippen LogP contribution is -2.29. The van der Waals surface area contributed by atoms with E-state index in [0.29, 0.717) is 40.4 Å². The first-order chi connectivity index (χ1) is 18.9. The Balaban J connectivity index is 0.000000470. The molecule has 0 bridgehead atoms. The molecule has 0 amide bonds. The number of rotatable bonds is 5. The summed E-state index contributed by atoms with van der Waals surface area (Å²) in [5.74, 6) is -1.78. The number of anilines is 2. The molecular weight excluding hydrogens is 570 g/mol. The summed E-state index contributed by atoms with van der Waals surface area (Å²) < 4.78 is 50.8. The van der Waals surface area contributed by atoms with E-state index in [0.717, 1.165) is 34.6 Å². The molecule has 9 nitrogen and oxygen atoms in total. The van der Waals surface area contributed by atoms with E-state index in [1.807, 2.05) is 48.7 Å². The van der Waals surface area contributed by atoms with Gasteiger partial charge in [0.15, 0.2) is 0 Å². The minimum atomic E-state index is -5.08. The van der Waals surface area contributed by atoms with Crippen LogP contribution in [0.3, 0.4) is 0 Å². The fraction of sp³-hybridized carbons (Fsp3) is 0.269. The molecule has 2 aromatic heterocycles. The third-order valence-electron chi connectivity index (χ3n) is 6.46. The molecule has 0 unspecified atom stereocenters. The smallest absolute Gasteiger partial charge is 0.490 e. The summed E-state index contributed by atoms with van der Waals surface area (Å²) in [6.07, 6.45) is 1.24. The Labute approximate surface area is 232 Å². The first kappa shape index (κ1) is 29.4. The Kier molecular flexibility index (Phi) is 8.72. The number of carboxylic acid groups (broad SMARTS) is 1. The second-order valence-corrected chi connectivity index (χ2v) is 12.7. The summed E-state index contributed by atoms with van der Waals surface area (Å²) in [5.41, 5.74) is 9.23. The monoisotopic (exact) mass is 595 g/mol. The number of H-pyrrole nitrogens is 1. The number of halogens is 4. The maximum atomic E-state index is 13.5. The number of ether oxygens (including phenoxy) is 1. The molecule has 1 aliphatic heterocycles. The first-order valence-electron chi connectivity index (χ1n) is 12.1. The van der Waals surface area contributed by atoms with Gasteiger partial charge in [-0.25, -0.2) is 14.8 Å². The summed E-state index contributed by atoms with van der Waals surface area (Å²) in [6.45, 7) is 0. The van der Waals surface area contributed by atoms with E-state index >= 15 is 0 Å². The topological polar surface area (TPSA) is 143 Å². The number of aliphatic carboxylic acids is 1. The highest BCUT2D eigenvalue weighted by Gasteiger charge is 2.38. The molecule has 5 rings (SSSR count). The third kappa shape index (κ3) is 6.57. The lowest BCUT2D eigenvalue weighted by Gasteiger charge is -2.27. The number of aromatic nitrogens is 3. The van der Waals surface area contributed by atoms with Crippen molar-refractivity contribution in [3.8, 4) is 17.0 Å². The van der Waals surface area contributed by atoms with Gasteiger partial charge in [0.2, 0.25) is 5.95 Å². The number of methoxy groups -OCH3 is 1. The van der Waals surface area contributed by atoms with Crippen LogP contribution in [0.2, 0.25) is 5.02 Å². The summed E-state index contributed by atoms with van der Waals surface area (Å²) >= 11 is 6.45. The van der Waals surface area contributed by atoms with Crippen molar-refractivity contribution < 1.29 is 32.4 Å². The highest BCUT2D eigenvalue weighted by atomic mass is 35.5. The third-order valence-corrected chi connectivity index (χ3v) is 9.91. The fourth-order valence-corrected chi connectivity index (χ4v) is 7.43. The Bertz CT molecular complexity index is 1570. The zero-order chi connectivity index (χ0) is 29.1. The Hall–Kier alpha value is -3.60. The van der Waals surface area contributed by atoms with Crippen LogP contribution in [0.15, 0.2) is 54.9 Å². The average molecular weight is 596 g/mol. The second-order valence-electron chi connectivity index (χ2n) is 9.12. The maximum Gasteiger partial charge on any atom is 0.490 e. The zero-order valence-corrected chi connectivity index (χ0v) is 22.9. The van der Waals surface area contributed by atoms with Crippen LogP contribution in [0.4, 0.5) is 24.8 Å². The predicted octanol–water partition coefficient (Wildman–Crippen LogP) is 5.77. The van der Waals surface area contributed by atoms with Crippen LogP contribution in [0.1, 0.15) is 12.8 Å². The van der Waals surface area contributed by atoms with E-state index in [1.54, 1.807) is 13.3 Å². The molecule has 0 radical (unpaired) electrons. The number of hydrogen-bond donors (Lipinski definition) is 4. The molecule has 3 heterocycles. The number of fused-ring (bicyclic) bond motifs is 1. The minimum Gasteiger partial charge on any atom is -0.495 e. The predicted molar refractivity (Wildman–Crippen MR) is 148 cm³/mol. The van der Waals surface area contributed by atoms with Crippen LogP contribution in [0, 0.1) is 0 Å². The number of nitrogens with zero attached hydrogens (tertiary/aromatic N) is 2. The summed E-state index contributed by atoms with van der Waals surface area (Å²) in [6, 6.07) is 13.7. The van der Waals surface area contributed by atoms with E-state index in [1.165, 1.54) is 0 Å². The van der Waals surface area contributed by atoms with Crippen LogP contribution in [0.5, 0.6) is 5.75 Å². The summed E-state index contributed by atoms with van der Waals surface area (Å²) in [5, 5.41) is 12.7. The van der Waals surface area contributed by atoms with Gasteiger partial charge in [-0.3, -0.25) is 0 Å². The highest BCUT2D eigenvalue weighted by molar-refractivity contribution is 7.71. The number of benzene rings is 2. The van der Waals surface area contributed by atoms with E-state index in [2.05, 4.69) is 20.3 Å². The molecule has 0 aliphatic carbocycles. The van der Waals surface area contributed by atoms with Crippen LogP contribution in [0.25, 0.3) is 22.2 Å². The van der Waals surface area contributed by atoms with Gasteiger partial charge in [-0.1, -0.05) is 29.8 Å². The van der Waals surface area contributed by atoms with Gasteiger partial charge in [-0.15, -0.1) is 0 Å². The van der Waals surface area contributed by atoms with E-state index in [-0.39, 0.29) is 6.04 Å². The van der Waals surface area contributed by atoms with Gasteiger partial charge >= 0.3 is 12.1 Å². The van der Waals surface area contributed by atoms with Crippen molar-refractivity contribution >= 4 is 52.6 Å². The average Bonchev–Trinajstić information content (AvgIpc) is 3.35. The molecule has 0 atom stereocenters. The number of alkyl halides is 3. The number of hydrogen-bond acceptors (Lipinski definition) is 7. The van der Waals surface area contributed by atoms with Gasteiger partial charge in [0.05, 0.1) is 29.7 Å². The number of nitrogens with one attached hydrogen (secondary N) is 2. The fourth-order valence-electron chi connectivity index (χ4n) is 4.30. The van der Waals surface area contributed by atoms with Crippen molar-refractivity contribution in [2.45, 2.75) is 25.1 Å².